The molecule has 30 heavy (non-hydrogen) atoms. The van der Waals surface area contributed by atoms with Crippen LogP contribution in [0.1, 0.15) is 50.2 Å². The fourth-order valence-electron chi connectivity index (χ4n) is 3.72. The Hall–Kier alpha value is -0.940. The van der Waals surface area contributed by atoms with Gasteiger partial charge in [0.2, 0.25) is 0 Å². The van der Waals surface area contributed by atoms with E-state index in [0.717, 1.165) is 25.9 Å². The standard InChI is InChI=1S/C21H35FN4O2S.HI/c1-17-8-4-6-12-26(17)13-7-5-11-24-21(23-2)25-15-19-14-20(22)10-9-18(19)16-29(3,27)28;/h9-10,14,17H,4-8,11-13,15-16H2,1-3H3,(H2,23,24,25);1H. The van der Waals surface area contributed by atoms with Crippen molar-refractivity contribution in [3.8, 4) is 0 Å². The predicted octanol–water partition coefficient (Wildman–Crippen LogP) is 3.31. The fourth-order valence-corrected chi connectivity index (χ4v) is 4.56. The van der Waals surface area contributed by atoms with Crippen LogP contribution in [0, 0.1) is 5.82 Å². The molecule has 0 saturated carbocycles. The lowest BCUT2D eigenvalue weighted by Crippen LogP contribution is -2.39. The van der Waals surface area contributed by atoms with Gasteiger partial charge < -0.3 is 15.5 Å². The van der Waals surface area contributed by atoms with Gasteiger partial charge in [0.1, 0.15) is 5.82 Å². The Morgan fingerprint density at radius 2 is 2.00 bits per heavy atom. The highest BCUT2D eigenvalue weighted by molar-refractivity contribution is 14.0. The van der Waals surface area contributed by atoms with Crippen LogP contribution in [0.4, 0.5) is 4.39 Å². The van der Waals surface area contributed by atoms with E-state index in [9.17, 15) is 12.8 Å². The summed E-state index contributed by atoms with van der Waals surface area (Å²) in [6, 6.07) is 4.89. The molecule has 0 aliphatic carbocycles. The van der Waals surface area contributed by atoms with E-state index in [4.69, 9.17) is 0 Å². The number of sulfone groups is 1. The molecule has 1 fully saturated rings. The highest BCUT2D eigenvalue weighted by Crippen LogP contribution is 2.17. The van der Waals surface area contributed by atoms with Crippen molar-refractivity contribution in [1.82, 2.24) is 15.5 Å². The van der Waals surface area contributed by atoms with Crippen molar-refractivity contribution in [3.63, 3.8) is 0 Å². The average Bonchev–Trinajstić information content (AvgIpc) is 2.66. The lowest BCUT2D eigenvalue weighted by Gasteiger charge is -2.33. The highest BCUT2D eigenvalue weighted by atomic mass is 127. The molecule has 1 aliphatic heterocycles. The Kier molecular flexibility index (Phi) is 12.2. The second-order valence-electron chi connectivity index (χ2n) is 7.92. The van der Waals surface area contributed by atoms with Gasteiger partial charge in [-0.3, -0.25) is 4.99 Å². The first kappa shape index (κ1) is 27.1. The van der Waals surface area contributed by atoms with Crippen molar-refractivity contribution in [2.24, 2.45) is 4.99 Å². The maximum absolute atomic E-state index is 13.6. The van der Waals surface area contributed by atoms with E-state index in [1.807, 2.05) is 0 Å². The number of rotatable bonds is 9. The summed E-state index contributed by atoms with van der Waals surface area (Å²) < 4.78 is 36.9. The first-order valence-electron chi connectivity index (χ1n) is 10.4. The summed E-state index contributed by atoms with van der Waals surface area (Å²) in [4.78, 5) is 6.77. The van der Waals surface area contributed by atoms with Crippen LogP contribution in [0.2, 0.25) is 0 Å². The fraction of sp³-hybridized carbons (Fsp3) is 0.667. The second kappa shape index (κ2) is 13.5. The summed E-state index contributed by atoms with van der Waals surface area (Å²) in [6.45, 7) is 5.77. The van der Waals surface area contributed by atoms with E-state index in [1.165, 1.54) is 50.3 Å². The molecule has 1 aliphatic rings. The molecular weight excluding hydrogens is 518 g/mol. The number of halogens is 2. The number of hydrogen-bond donors (Lipinski definition) is 2. The number of aliphatic imine (C=N–C) groups is 1. The maximum Gasteiger partial charge on any atom is 0.191 e. The predicted molar refractivity (Wildman–Crippen MR) is 133 cm³/mol. The van der Waals surface area contributed by atoms with Crippen LogP contribution < -0.4 is 10.6 Å². The van der Waals surface area contributed by atoms with Crippen LogP contribution in [0.15, 0.2) is 23.2 Å². The molecule has 1 aromatic carbocycles. The number of benzene rings is 1. The number of nitrogens with one attached hydrogen (secondary N) is 2. The molecule has 0 radical (unpaired) electrons. The Balaban J connectivity index is 0.00000450. The minimum Gasteiger partial charge on any atom is -0.356 e. The van der Waals surface area contributed by atoms with Crippen LogP contribution in [0.5, 0.6) is 0 Å². The van der Waals surface area contributed by atoms with Gasteiger partial charge in [-0.2, -0.15) is 0 Å². The average molecular weight is 555 g/mol. The van der Waals surface area contributed by atoms with E-state index < -0.39 is 9.84 Å². The van der Waals surface area contributed by atoms with Crippen LogP contribution in [0.3, 0.4) is 0 Å². The summed E-state index contributed by atoms with van der Waals surface area (Å²) in [5, 5.41) is 6.43. The van der Waals surface area contributed by atoms with Crippen molar-refractivity contribution < 1.29 is 12.8 Å². The zero-order valence-corrected chi connectivity index (χ0v) is 21.4. The zero-order chi connectivity index (χ0) is 21.3. The molecule has 1 aromatic rings. The number of guanidine groups is 1. The SMILES string of the molecule is CN=C(NCCCCN1CCCCC1C)NCc1cc(F)ccc1CS(C)(=O)=O.I. The first-order chi connectivity index (χ1) is 13.8. The summed E-state index contributed by atoms with van der Waals surface area (Å²) in [7, 11) is -1.50. The van der Waals surface area contributed by atoms with Gasteiger partial charge in [-0.25, -0.2) is 12.8 Å². The molecule has 0 bridgehead atoms. The number of nitrogens with zero attached hydrogens (tertiary/aromatic N) is 2. The minimum absolute atomic E-state index is 0. The van der Waals surface area contributed by atoms with Crippen LogP contribution in [-0.2, 0) is 22.1 Å². The van der Waals surface area contributed by atoms with Gasteiger partial charge in [0.05, 0.1) is 5.75 Å². The van der Waals surface area contributed by atoms with Crippen molar-refractivity contribution in [2.75, 3.05) is 32.9 Å². The molecule has 1 unspecified atom stereocenters. The molecule has 0 amide bonds. The van der Waals surface area contributed by atoms with E-state index in [0.29, 0.717) is 29.7 Å². The number of hydrogen-bond acceptors (Lipinski definition) is 4. The molecule has 9 heteroatoms. The van der Waals surface area contributed by atoms with Crippen molar-refractivity contribution in [2.45, 2.75) is 57.4 Å². The number of piperidine rings is 1. The third-order valence-electron chi connectivity index (χ3n) is 5.36. The molecule has 6 nitrogen and oxygen atoms in total. The molecule has 2 rings (SSSR count). The second-order valence-corrected chi connectivity index (χ2v) is 10.1. The molecule has 0 spiro atoms. The van der Waals surface area contributed by atoms with Gasteiger partial charge >= 0.3 is 0 Å². The van der Waals surface area contributed by atoms with Crippen molar-refractivity contribution >= 4 is 39.8 Å². The summed E-state index contributed by atoms with van der Waals surface area (Å²) in [5.41, 5.74) is 1.23. The molecule has 1 saturated heterocycles. The smallest absolute Gasteiger partial charge is 0.191 e. The third kappa shape index (κ3) is 9.91. The minimum atomic E-state index is -3.19. The van der Waals surface area contributed by atoms with E-state index in [2.05, 4.69) is 27.4 Å². The summed E-state index contributed by atoms with van der Waals surface area (Å²) >= 11 is 0. The molecular formula is C21H36FIN4O2S. The normalized spacial score (nSPS) is 18.0. The van der Waals surface area contributed by atoms with Gasteiger partial charge in [-0.1, -0.05) is 12.5 Å². The molecule has 2 N–H and O–H groups in total. The van der Waals surface area contributed by atoms with E-state index in [-0.39, 0.29) is 35.5 Å². The Labute approximate surface area is 198 Å². The molecule has 1 heterocycles. The number of likely N-dealkylation sites (tertiary alicyclic amines) is 1. The first-order valence-corrected chi connectivity index (χ1v) is 12.5. The lowest BCUT2D eigenvalue weighted by molar-refractivity contribution is 0.158. The van der Waals surface area contributed by atoms with Crippen LogP contribution in [0.25, 0.3) is 0 Å². The summed E-state index contributed by atoms with van der Waals surface area (Å²) in [5.74, 6) is 0.144. The van der Waals surface area contributed by atoms with Crippen LogP contribution in [-0.4, -0.2) is 58.3 Å². The molecule has 1 atom stereocenters. The zero-order valence-electron chi connectivity index (χ0n) is 18.3. The lowest BCUT2D eigenvalue weighted by atomic mass is 10.0. The Morgan fingerprint density at radius 3 is 2.67 bits per heavy atom. The summed E-state index contributed by atoms with van der Waals surface area (Å²) in [6.07, 6.45) is 7.31. The topological polar surface area (TPSA) is 73.8 Å². The van der Waals surface area contributed by atoms with E-state index >= 15 is 0 Å². The third-order valence-corrected chi connectivity index (χ3v) is 6.20. The Morgan fingerprint density at radius 1 is 1.23 bits per heavy atom. The van der Waals surface area contributed by atoms with Crippen LogP contribution >= 0.6 is 24.0 Å². The van der Waals surface area contributed by atoms with Gasteiger partial charge in [0.15, 0.2) is 15.8 Å². The van der Waals surface area contributed by atoms with Gasteiger partial charge in [-0.15, -0.1) is 24.0 Å². The van der Waals surface area contributed by atoms with Gasteiger partial charge in [-0.05, 0) is 69.0 Å². The van der Waals surface area contributed by atoms with Gasteiger partial charge in [0, 0.05) is 32.4 Å². The van der Waals surface area contributed by atoms with E-state index in [1.54, 1.807) is 7.05 Å². The van der Waals surface area contributed by atoms with Gasteiger partial charge in [0.25, 0.3) is 0 Å². The highest BCUT2D eigenvalue weighted by Gasteiger charge is 2.17. The largest absolute Gasteiger partial charge is 0.356 e. The van der Waals surface area contributed by atoms with Crippen molar-refractivity contribution in [3.05, 3.63) is 35.1 Å². The number of unbranched alkanes of at least 4 members (excludes halogenated alkanes) is 1. The molecule has 172 valence electrons. The maximum atomic E-state index is 13.6. The van der Waals surface area contributed by atoms with Crippen molar-refractivity contribution in [1.29, 1.82) is 0 Å². The monoisotopic (exact) mass is 554 g/mol. The Bertz CT molecular complexity index is 789. The molecule has 0 aromatic heterocycles. The quantitative estimate of drug-likeness (QED) is 0.212.